The molecule has 1 N–H and O–H groups in total. The third kappa shape index (κ3) is 7.09. The average molecular weight is 463 g/mol. The summed E-state index contributed by atoms with van der Waals surface area (Å²) in [5.41, 5.74) is 0.918. The second kappa shape index (κ2) is 10.9. The van der Waals surface area contributed by atoms with E-state index in [2.05, 4.69) is 21.2 Å². The van der Waals surface area contributed by atoms with Crippen molar-refractivity contribution in [1.82, 2.24) is 10.2 Å². The summed E-state index contributed by atoms with van der Waals surface area (Å²) in [5.74, 6) is 0.791. The Morgan fingerprint density at radius 1 is 1.07 bits per heavy atom. The van der Waals surface area contributed by atoms with Crippen LogP contribution in [0.2, 0.25) is 0 Å². The van der Waals surface area contributed by atoms with Crippen LogP contribution >= 0.6 is 15.9 Å². The molecule has 0 saturated heterocycles. The van der Waals surface area contributed by atoms with Gasteiger partial charge in [-0.3, -0.25) is 9.59 Å². The van der Waals surface area contributed by atoms with E-state index in [-0.39, 0.29) is 24.5 Å². The molecule has 2 aromatic carbocycles. The molecule has 2 aromatic rings. The molecule has 0 aliphatic rings. The fourth-order valence-corrected chi connectivity index (χ4v) is 3.17. The van der Waals surface area contributed by atoms with Crippen molar-refractivity contribution in [3.05, 3.63) is 58.6 Å². The van der Waals surface area contributed by atoms with Gasteiger partial charge >= 0.3 is 0 Å². The maximum atomic E-state index is 12.9. The molecule has 0 aliphatic carbocycles. The summed E-state index contributed by atoms with van der Waals surface area (Å²) in [6.07, 6.45) is 0. The summed E-state index contributed by atoms with van der Waals surface area (Å²) in [6.45, 7) is 5.63. The molecule has 6 nitrogen and oxygen atoms in total. The fraction of sp³-hybridized carbons (Fsp3) is 0.364. The Morgan fingerprint density at radius 2 is 1.72 bits per heavy atom. The van der Waals surface area contributed by atoms with Crippen LogP contribution in [0.5, 0.6) is 11.5 Å². The van der Waals surface area contributed by atoms with Gasteiger partial charge in [0.1, 0.15) is 17.5 Å². The van der Waals surface area contributed by atoms with Gasteiger partial charge in [0.05, 0.1) is 7.11 Å². The Balaban J connectivity index is 2.13. The second-order valence-electron chi connectivity index (χ2n) is 6.96. The average Bonchev–Trinajstić information content (AvgIpc) is 2.69. The minimum absolute atomic E-state index is 0.0108. The standard InChI is InChI=1S/C22H27BrN2O4/c1-15(2)24-22(27)16(3)25(13-17-6-5-7-18(23)12-17)21(26)14-29-20-10-8-19(28-4)9-11-20/h5-12,15-16H,13-14H2,1-4H3,(H,24,27)/t16-/m0/s1. The highest BCUT2D eigenvalue weighted by atomic mass is 79.9. The van der Waals surface area contributed by atoms with Crippen molar-refractivity contribution in [2.75, 3.05) is 13.7 Å². The minimum atomic E-state index is -0.636. The molecule has 7 heteroatoms. The Labute approximate surface area is 180 Å². The molecule has 1 atom stereocenters. The summed E-state index contributed by atoms with van der Waals surface area (Å²) in [4.78, 5) is 27.0. The molecule has 0 radical (unpaired) electrons. The van der Waals surface area contributed by atoms with Gasteiger partial charge in [-0.15, -0.1) is 0 Å². The van der Waals surface area contributed by atoms with Crippen molar-refractivity contribution >= 4 is 27.7 Å². The first-order chi connectivity index (χ1) is 13.8. The lowest BCUT2D eigenvalue weighted by molar-refractivity contribution is -0.142. The lowest BCUT2D eigenvalue weighted by Gasteiger charge is -2.29. The number of rotatable bonds is 9. The van der Waals surface area contributed by atoms with E-state index in [1.165, 1.54) is 4.90 Å². The van der Waals surface area contributed by atoms with E-state index in [1.54, 1.807) is 38.3 Å². The maximum Gasteiger partial charge on any atom is 0.261 e. The normalized spacial score (nSPS) is 11.7. The molecule has 0 aromatic heterocycles. The van der Waals surface area contributed by atoms with E-state index in [1.807, 2.05) is 38.1 Å². The minimum Gasteiger partial charge on any atom is -0.497 e. The van der Waals surface area contributed by atoms with Crippen molar-refractivity contribution in [1.29, 1.82) is 0 Å². The van der Waals surface area contributed by atoms with Gasteiger partial charge in [-0.05, 0) is 62.7 Å². The molecule has 0 aliphatic heterocycles. The number of nitrogens with one attached hydrogen (secondary N) is 1. The van der Waals surface area contributed by atoms with Crippen LogP contribution in [-0.4, -0.2) is 42.5 Å². The number of methoxy groups -OCH3 is 1. The van der Waals surface area contributed by atoms with Crippen LogP contribution in [0.25, 0.3) is 0 Å². The molecule has 29 heavy (non-hydrogen) atoms. The van der Waals surface area contributed by atoms with Crippen LogP contribution in [0.15, 0.2) is 53.0 Å². The van der Waals surface area contributed by atoms with Crippen LogP contribution in [0.4, 0.5) is 0 Å². The Kier molecular flexibility index (Phi) is 8.51. The molecule has 2 amide bonds. The lowest BCUT2D eigenvalue weighted by atomic mass is 10.1. The molecule has 2 rings (SSSR count). The Morgan fingerprint density at radius 3 is 2.31 bits per heavy atom. The van der Waals surface area contributed by atoms with E-state index >= 15 is 0 Å². The number of amides is 2. The zero-order chi connectivity index (χ0) is 21.4. The van der Waals surface area contributed by atoms with Gasteiger partial charge < -0.3 is 19.7 Å². The first kappa shape index (κ1) is 22.7. The van der Waals surface area contributed by atoms with E-state index in [0.29, 0.717) is 18.0 Å². The van der Waals surface area contributed by atoms with Crippen LogP contribution in [0, 0.1) is 0 Å². The predicted octanol–water partition coefficient (Wildman–Crippen LogP) is 3.78. The highest BCUT2D eigenvalue weighted by Gasteiger charge is 2.26. The maximum absolute atomic E-state index is 12.9. The van der Waals surface area contributed by atoms with Crippen molar-refractivity contribution < 1.29 is 19.1 Å². The smallest absolute Gasteiger partial charge is 0.261 e. The van der Waals surface area contributed by atoms with Crippen LogP contribution < -0.4 is 14.8 Å². The van der Waals surface area contributed by atoms with E-state index in [9.17, 15) is 9.59 Å². The molecule has 0 spiro atoms. The summed E-state index contributed by atoms with van der Waals surface area (Å²) in [7, 11) is 1.59. The molecule has 0 fully saturated rings. The zero-order valence-corrected chi connectivity index (χ0v) is 18.7. The summed E-state index contributed by atoms with van der Waals surface area (Å²) >= 11 is 3.44. The van der Waals surface area contributed by atoms with Gasteiger partial charge in [0.25, 0.3) is 5.91 Å². The number of carbonyl (C=O) groups is 2. The third-order valence-corrected chi connectivity index (χ3v) is 4.76. The first-order valence-electron chi connectivity index (χ1n) is 9.41. The van der Waals surface area contributed by atoms with Crippen molar-refractivity contribution in [3.8, 4) is 11.5 Å². The second-order valence-corrected chi connectivity index (χ2v) is 7.87. The van der Waals surface area contributed by atoms with E-state index < -0.39 is 6.04 Å². The summed E-state index contributed by atoms with van der Waals surface area (Å²) in [6, 6.07) is 14.0. The van der Waals surface area contributed by atoms with Gasteiger partial charge in [0.15, 0.2) is 6.61 Å². The quantitative estimate of drug-likeness (QED) is 0.615. The number of halogens is 1. The molecular weight excluding hydrogens is 436 g/mol. The zero-order valence-electron chi connectivity index (χ0n) is 17.1. The highest BCUT2D eigenvalue weighted by molar-refractivity contribution is 9.10. The van der Waals surface area contributed by atoms with Crippen LogP contribution in [-0.2, 0) is 16.1 Å². The number of hydrogen-bond donors (Lipinski definition) is 1. The number of ether oxygens (including phenoxy) is 2. The largest absolute Gasteiger partial charge is 0.497 e. The topological polar surface area (TPSA) is 67.9 Å². The van der Waals surface area contributed by atoms with Gasteiger partial charge in [0.2, 0.25) is 5.91 Å². The van der Waals surface area contributed by atoms with Gasteiger partial charge in [-0.2, -0.15) is 0 Å². The van der Waals surface area contributed by atoms with Gasteiger partial charge in [0, 0.05) is 17.1 Å². The SMILES string of the molecule is COc1ccc(OCC(=O)N(Cc2cccc(Br)c2)[C@@H](C)C(=O)NC(C)C)cc1. The van der Waals surface area contributed by atoms with Crippen molar-refractivity contribution in [2.24, 2.45) is 0 Å². The van der Waals surface area contributed by atoms with E-state index in [0.717, 1.165) is 10.0 Å². The van der Waals surface area contributed by atoms with Gasteiger partial charge in [-0.1, -0.05) is 28.1 Å². The summed E-state index contributed by atoms with van der Waals surface area (Å²) < 4.78 is 11.7. The highest BCUT2D eigenvalue weighted by Crippen LogP contribution is 2.18. The number of hydrogen-bond acceptors (Lipinski definition) is 4. The number of nitrogens with zero attached hydrogens (tertiary/aromatic N) is 1. The number of carbonyl (C=O) groups excluding carboxylic acids is 2. The molecule has 156 valence electrons. The van der Waals surface area contributed by atoms with E-state index in [4.69, 9.17) is 9.47 Å². The summed E-state index contributed by atoms with van der Waals surface area (Å²) in [5, 5.41) is 2.86. The van der Waals surface area contributed by atoms with Crippen molar-refractivity contribution in [3.63, 3.8) is 0 Å². The first-order valence-corrected chi connectivity index (χ1v) is 10.2. The van der Waals surface area contributed by atoms with Crippen molar-refractivity contribution in [2.45, 2.75) is 39.4 Å². The molecule has 0 saturated carbocycles. The molecule has 0 bridgehead atoms. The number of benzene rings is 2. The monoisotopic (exact) mass is 462 g/mol. The van der Waals surface area contributed by atoms with Crippen LogP contribution in [0.1, 0.15) is 26.3 Å². The predicted molar refractivity (Wildman–Crippen MR) is 116 cm³/mol. The van der Waals surface area contributed by atoms with Gasteiger partial charge in [-0.25, -0.2) is 0 Å². The lowest BCUT2D eigenvalue weighted by Crippen LogP contribution is -2.50. The Hall–Kier alpha value is -2.54. The Bertz CT molecular complexity index is 824. The molecule has 0 unspecified atom stereocenters. The molecule has 0 heterocycles. The van der Waals surface area contributed by atoms with Crippen LogP contribution in [0.3, 0.4) is 0 Å². The fourth-order valence-electron chi connectivity index (χ4n) is 2.72. The third-order valence-electron chi connectivity index (χ3n) is 4.26. The molecular formula is C22H27BrN2O4.